The zero-order valence-electron chi connectivity index (χ0n) is 16.8. The molecule has 0 heterocycles. The monoisotopic (exact) mass is 411 g/mol. The lowest BCUT2D eigenvalue weighted by Crippen LogP contribution is -2.37. The van der Waals surface area contributed by atoms with Crippen LogP contribution in [0.2, 0.25) is 0 Å². The van der Waals surface area contributed by atoms with Gasteiger partial charge >= 0.3 is 11.9 Å². The van der Waals surface area contributed by atoms with Crippen molar-refractivity contribution in [2.24, 2.45) is 10.8 Å². The average Bonchev–Trinajstić information content (AvgIpc) is 3.43. The maximum Gasteiger partial charge on any atom is 0.324 e. The summed E-state index contributed by atoms with van der Waals surface area (Å²) in [5.74, 6) is -3.20. The predicted molar refractivity (Wildman–Crippen MR) is 106 cm³/mol. The van der Waals surface area contributed by atoms with E-state index in [0.717, 1.165) is 14.2 Å². The Kier molecular flexibility index (Phi) is 5.43. The van der Waals surface area contributed by atoms with Crippen molar-refractivity contribution in [3.05, 3.63) is 75.8 Å². The molecule has 1 saturated carbocycles. The Hall–Kier alpha value is -3.55. The van der Waals surface area contributed by atoms with E-state index in [1.807, 2.05) is 0 Å². The molecule has 0 saturated heterocycles. The topological polar surface area (TPSA) is 113 Å². The number of carbonyl (C=O) groups excluding carboxylic acids is 3. The third-order valence-electron chi connectivity index (χ3n) is 5.97. The van der Waals surface area contributed by atoms with Crippen molar-refractivity contribution < 1.29 is 28.8 Å². The van der Waals surface area contributed by atoms with Crippen molar-refractivity contribution in [1.82, 2.24) is 0 Å². The number of methoxy groups -OCH3 is 2. The van der Waals surface area contributed by atoms with Gasteiger partial charge in [-0.05, 0) is 12.0 Å². The van der Waals surface area contributed by atoms with E-state index in [2.05, 4.69) is 0 Å². The van der Waals surface area contributed by atoms with Crippen LogP contribution in [0.3, 0.4) is 0 Å². The first-order valence-corrected chi connectivity index (χ1v) is 9.33. The minimum absolute atomic E-state index is 0.123. The summed E-state index contributed by atoms with van der Waals surface area (Å²) >= 11 is 0. The van der Waals surface area contributed by atoms with Gasteiger partial charge in [0.1, 0.15) is 0 Å². The molecule has 1 aliphatic carbocycles. The first kappa shape index (κ1) is 21.2. The predicted octanol–water partition coefficient (Wildman–Crippen LogP) is 3.30. The number of ether oxygens (including phenoxy) is 2. The maximum atomic E-state index is 13.7. The molecule has 0 unspecified atom stereocenters. The largest absolute Gasteiger partial charge is 0.468 e. The summed E-state index contributed by atoms with van der Waals surface area (Å²) in [5.41, 5.74) is -2.99. The van der Waals surface area contributed by atoms with Crippen LogP contribution in [0.15, 0.2) is 54.6 Å². The van der Waals surface area contributed by atoms with Gasteiger partial charge in [0.05, 0.1) is 24.6 Å². The average molecular weight is 411 g/mol. The maximum absolute atomic E-state index is 13.7. The van der Waals surface area contributed by atoms with Gasteiger partial charge in [-0.3, -0.25) is 24.5 Å². The van der Waals surface area contributed by atoms with Gasteiger partial charge < -0.3 is 9.47 Å². The van der Waals surface area contributed by atoms with Gasteiger partial charge in [0.25, 0.3) is 5.69 Å². The molecule has 0 spiro atoms. The van der Waals surface area contributed by atoms with E-state index in [9.17, 15) is 24.5 Å². The summed E-state index contributed by atoms with van der Waals surface area (Å²) in [4.78, 5) is 50.4. The van der Waals surface area contributed by atoms with Gasteiger partial charge in [0.15, 0.2) is 11.2 Å². The number of carbonyl (C=O) groups is 3. The molecule has 1 aliphatic rings. The van der Waals surface area contributed by atoms with Crippen molar-refractivity contribution >= 4 is 23.4 Å². The van der Waals surface area contributed by atoms with Crippen LogP contribution >= 0.6 is 0 Å². The van der Waals surface area contributed by atoms with Crippen LogP contribution in [0.25, 0.3) is 0 Å². The minimum Gasteiger partial charge on any atom is -0.468 e. The van der Waals surface area contributed by atoms with E-state index >= 15 is 0 Å². The van der Waals surface area contributed by atoms with E-state index in [-0.39, 0.29) is 12.1 Å². The molecule has 2 atom stereocenters. The number of hydrogen-bond acceptors (Lipinski definition) is 7. The first-order valence-electron chi connectivity index (χ1n) is 9.33. The lowest BCUT2D eigenvalue weighted by molar-refractivity contribution is -0.384. The Morgan fingerprint density at radius 1 is 1.00 bits per heavy atom. The van der Waals surface area contributed by atoms with Gasteiger partial charge in [-0.1, -0.05) is 49.4 Å². The third-order valence-corrected chi connectivity index (χ3v) is 5.97. The molecule has 156 valence electrons. The highest BCUT2D eigenvalue weighted by Crippen LogP contribution is 2.78. The second-order valence-electron chi connectivity index (χ2n) is 7.10. The van der Waals surface area contributed by atoms with Gasteiger partial charge in [-0.25, -0.2) is 0 Å². The van der Waals surface area contributed by atoms with Crippen molar-refractivity contribution in [2.45, 2.75) is 19.3 Å². The number of nitro groups is 1. The highest BCUT2D eigenvalue weighted by Gasteiger charge is 2.88. The summed E-state index contributed by atoms with van der Waals surface area (Å²) in [7, 11) is 2.26. The molecule has 0 aromatic heterocycles. The number of nitrogens with zero attached hydrogens (tertiary/aromatic N) is 1. The second kappa shape index (κ2) is 7.70. The summed E-state index contributed by atoms with van der Waals surface area (Å²) in [6.07, 6.45) is 0.123. The molecular weight excluding hydrogens is 390 g/mol. The fraction of sp³-hybridized carbons (Fsp3) is 0.318. The Morgan fingerprint density at radius 2 is 1.60 bits per heavy atom. The van der Waals surface area contributed by atoms with E-state index in [1.54, 1.807) is 43.3 Å². The van der Waals surface area contributed by atoms with Gasteiger partial charge in [0.2, 0.25) is 0 Å². The highest BCUT2D eigenvalue weighted by atomic mass is 16.6. The number of hydrogen-bond donors (Lipinski definition) is 0. The standard InChI is InChI=1S/C22H21NO7/c1-4-21(18(24)14-9-6-5-7-10-14)17(15-11-8-12-16(13-15)23(27)28)22(21,19(25)29-2)20(26)30-3/h5-13,17H,4H2,1-3H3/t17-,21+/m0/s1. The van der Waals surface area contributed by atoms with Gasteiger partial charge in [-0.2, -0.15) is 0 Å². The van der Waals surface area contributed by atoms with Crippen molar-refractivity contribution in [3.63, 3.8) is 0 Å². The molecule has 2 aromatic rings. The van der Waals surface area contributed by atoms with Gasteiger partial charge in [0, 0.05) is 23.6 Å². The summed E-state index contributed by atoms with van der Waals surface area (Å²) in [5, 5.41) is 11.3. The quantitative estimate of drug-likeness (QED) is 0.226. The molecule has 2 aromatic carbocycles. The molecule has 0 amide bonds. The molecule has 1 fully saturated rings. The SMILES string of the molecule is CC[C@]1(C(=O)c2ccccc2)[C@H](c2cccc([N+](=O)[O-])c2)C1(C(=O)OC)C(=O)OC. The smallest absolute Gasteiger partial charge is 0.324 e. The van der Waals surface area contributed by atoms with E-state index in [0.29, 0.717) is 11.1 Å². The number of non-ortho nitro benzene ring substituents is 1. The van der Waals surface area contributed by atoms with Gasteiger partial charge in [-0.15, -0.1) is 0 Å². The lowest BCUT2D eigenvalue weighted by atomic mass is 9.83. The van der Waals surface area contributed by atoms with E-state index < -0.39 is 39.4 Å². The fourth-order valence-electron chi connectivity index (χ4n) is 4.69. The number of benzene rings is 2. The summed E-state index contributed by atoms with van der Waals surface area (Å²) in [6.45, 7) is 1.69. The van der Waals surface area contributed by atoms with Crippen molar-refractivity contribution in [1.29, 1.82) is 0 Å². The van der Waals surface area contributed by atoms with Crippen LogP contribution in [0.5, 0.6) is 0 Å². The van der Waals surface area contributed by atoms with Crippen molar-refractivity contribution in [3.8, 4) is 0 Å². The molecule has 30 heavy (non-hydrogen) atoms. The highest BCUT2D eigenvalue weighted by molar-refractivity contribution is 6.19. The van der Waals surface area contributed by atoms with Crippen LogP contribution in [0.4, 0.5) is 5.69 Å². The number of esters is 2. The normalized spacial score (nSPS) is 21.4. The van der Waals surface area contributed by atoms with Crippen LogP contribution in [-0.2, 0) is 19.1 Å². The molecule has 0 radical (unpaired) electrons. The summed E-state index contributed by atoms with van der Waals surface area (Å²) in [6, 6.07) is 13.9. The number of rotatable bonds is 7. The zero-order chi connectivity index (χ0) is 22.1. The van der Waals surface area contributed by atoms with Crippen LogP contribution in [0, 0.1) is 20.9 Å². The van der Waals surface area contributed by atoms with E-state index in [4.69, 9.17) is 9.47 Å². The lowest BCUT2D eigenvalue weighted by Gasteiger charge is -2.20. The van der Waals surface area contributed by atoms with Crippen LogP contribution in [-0.4, -0.2) is 36.9 Å². The minimum atomic E-state index is -1.94. The fourth-order valence-corrected chi connectivity index (χ4v) is 4.69. The molecular formula is C22H21NO7. The Labute approximate surface area is 172 Å². The third kappa shape index (κ3) is 2.71. The first-order chi connectivity index (χ1) is 14.3. The molecule has 8 heteroatoms. The molecule has 0 N–H and O–H groups in total. The number of Topliss-reactive ketones (excluding diaryl/α,β-unsaturated/α-hetero) is 1. The molecule has 0 bridgehead atoms. The van der Waals surface area contributed by atoms with E-state index in [1.165, 1.54) is 18.2 Å². The Balaban J connectivity index is 2.29. The molecule has 8 nitrogen and oxygen atoms in total. The van der Waals surface area contributed by atoms with Crippen LogP contribution < -0.4 is 0 Å². The molecule has 3 rings (SSSR count). The number of nitro benzene ring substituents is 1. The van der Waals surface area contributed by atoms with Crippen molar-refractivity contribution in [2.75, 3.05) is 14.2 Å². The Morgan fingerprint density at radius 3 is 2.10 bits per heavy atom. The van der Waals surface area contributed by atoms with Crippen LogP contribution in [0.1, 0.15) is 35.2 Å². The Bertz CT molecular complexity index is 1000. The second-order valence-corrected chi connectivity index (χ2v) is 7.10. The number of ketones is 1. The molecule has 0 aliphatic heterocycles. The zero-order valence-corrected chi connectivity index (χ0v) is 16.8. The summed E-state index contributed by atoms with van der Waals surface area (Å²) < 4.78 is 9.89.